The highest BCUT2D eigenvalue weighted by Crippen LogP contribution is 2.35. The van der Waals surface area contributed by atoms with Gasteiger partial charge in [0, 0.05) is 12.0 Å². The van der Waals surface area contributed by atoms with Crippen LogP contribution in [0.4, 0.5) is 0 Å². The van der Waals surface area contributed by atoms with Crippen molar-refractivity contribution in [1.29, 1.82) is 0 Å². The lowest BCUT2D eigenvalue weighted by atomic mass is 10.3. The van der Waals surface area contributed by atoms with E-state index in [0.29, 0.717) is 12.6 Å². The molecule has 0 aromatic rings. The summed E-state index contributed by atoms with van der Waals surface area (Å²) in [5.41, 5.74) is 0. The van der Waals surface area contributed by atoms with Gasteiger partial charge in [-0.05, 0) is 32.6 Å². The first kappa shape index (κ1) is 10.5. The third kappa shape index (κ3) is 2.70. The van der Waals surface area contributed by atoms with E-state index in [2.05, 4.69) is 0 Å². The van der Waals surface area contributed by atoms with Crippen molar-refractivity contribution in [2.24, 2.45) is 5.92 Å². The SMILES string of the molecule is CCOC(=O)CN(C(=O)C1CC1)C1CC1. The van der Waals surface area contributed by atoms with Gasteiger partial charge in [0.25, 0.3) is 0 Å². The lowest BCUT2D eigenvalue weighted by molar-refractivity contribution is -0.149. The number of carbonyl (C=O) groups excluding carboxylic acids is 2. The maximum absolute atomic E-state index is 11.8. The van der Waals surface area contributed by atoms with Crippen LogP contribution in [0.3, 0.4) is 0 Å². The maximum Gasteiger partial charge on any atom is 0.325 e. The smallest absolute Gasteiger partial charge is 0.325 e. The van der Waals surface area contributed by atoms with E-state index >= 15 is 0 Å². The Morgan fingerprint density at radius 1 is 1.27 bits per heavy atom. The van der Waals surface area contributed by atoms with Gasteiger partial charge in [-0.25, -0.2) is 0 Å². The van der Waals surface area contributed by atoms with Crippen molar-refractivity contribution in [3.63, 3.8) is 0 Å². The number of ether oxygens (including phenoxy) is 1. The number of carbonyl (C=O) groups is 2. The predicted molar refractivity (Wildman–Crippen MR) is 54.1 cm³/mol. The minimum absolute atomic E-state index is 0.147. The second-order valence-corrected chi connectivity index (χ2v) is 4.28. The molecule has 2 saturated carbocycles. The van der Waals surface area contributed by atoms with Gasteiger partial charge in [0.1, 0.15) is 6.54 Å². The fraction of sp³-hybridized carbons (Fsp3) is 0.818. The monoisotopic (exact) mass is 211 g/mol. The van der Waals surface area contributed by atoms with Crippen molar-refractivity contribution in [3.8, 4) is 0 Å². The molecule has 0 aliphatic heterocycles. The largest absolute Gasteiger partial charge is 0.465 e. The molecule has 2 aliphatic rings. The zero-order valence-electron chi connectivity index (χ0n) is 9.07. The molecule has 0 aromatic heterocycles. The molecule has 0 radical (unpaired) electrons. The fourth-order valence-electron chi connectivity index (χ4n) is 1.68. The number of hydrogen-bond donors (Lipinski definition) is 0. The summed E-state index contributed by atoms with van der Waals surface area (Å²) in [5, 5.41) is 0. The first-order valence-electron chi connectivity index (χ1n) is 5.68. The number of hydrogen-bond acceptors (Lipinski definition) is 3. The van der Waals surface area contributed by atoms with Gasteiger partial charge in [0.2, 0.25) is 5.91 Å². The average Bonchev–Trinajstić information content (AvgIpc) is 3.05. The highest BCUT2D eigenvalue weighted by atomic mass is 16.5. The quantitative estimate of drug-likeness (QED) is 0.636. The number of rotatable bonds is 5. The average molecular weight is 211 g/mol. The zero-order chi connectivity index (χ0) is 10.8. The van der Waals surface area contributed by atoms with Crippen LogP contribution in [0, 0.1) is 5.92 Å². The lowest BCUT2D eigenvalue weighted by Crippen LogP contribution is -2.39. The molecule has 1 amide bonds. The summed E-state index contributed by atoms with van der Waals surface area (Å²) in [6.45, 7) is 2.31. The third-order valence-corrected chi connectivity index (χ3v) is 2.80. The number of nitrogens with zero attached hydrogens (tertiary/aromatic N) is 1. The molecule has 0 saturated heterocycles. The summed E-state index contributed by atoms with van der Waals surface area (Å²) in [5.74, 6) is 0.0731. The summed E-state index contributed by atoms with van der Waals surface area (Å²) in [7, 11) is 0. The van der Waals surface area contributed by atoms with Crippen LogP contribution < -0.4 is 0 Å². The lowest BCUT2D eigenvalue weighted by Gasteiger charge is -2.21. The molecular formula is C11H17NO3. The van der Waals surface area contributed by atoms with Crippen molar-refractivity contribution in [2.45, 2.75) is 38.6 Å². The minimum atomic E-state index is -0.279. The van der Waals surface area contributed by atoms with Crippen LogP contribution in [0.1, 0.15) is 32.6 Å². The Bertz CT molecular complexity index is 269. The Balaban J connectivity index is 1.87. The van der Waals surface area contributed by atoms with Crippen LogP contribution in [0.2, 0.25) is 0 Å². The van der Waals surface area contributed by atoms with Crippen LogP contribution >= 0.6 is 0 Å². The summed E-state index contributed by atoms with van der Waals surface area (Å²) < 4.78 is 4.87. The molecule has 0 bridgehead atoms. The van der Waals surface area contributed by atoms with Crippen molar-refractivity contribution in [1.82, 2.24) is 4.90 Å². The molecule has 15 heavy (non-hydrogen) atoms. The van der Waals surface area contributed by atoms with Gasteiger partial charge >= 0.3 is 5.97 Å². The fourth-order valence-corrected chi connectivity index (χ4v) is 1.68. The molecule has 0 aromatic carbocycles. The molecular weight excluding hydrogens is 194 g/mol. The number of amides is 1. The van der Waals surface area contributed by atoms with Crippen molar-refractivity contribution < 1.29 is 14.3 Å². The van der Waals surface area contributed by atoms with Gasteiger partial charge < -0.3 is 9.64 Å². The molecule has 0 N–H and O–H groups in total. The summed E-state index contributed by atoms with van der Waals surface area (Å²) in [6, 6.07) is 0.308. The van der Waals surface area contributed by atoms with Crippen molar-refractivity contribution in [2.75, 3.05) is 13.2 Å². The molecule has 0 atom stereocenters. The summed E-state index contributed by atoms with van der Waals surface area (Å²) in [4.78, 5) is 24.9. The molecule has 84 valence electrons. The molecule has 2 rings (SSSR count). The van der Waals surface area contributed by atoms with E-state index in [0.717, 1.165) is 25.7 Å². The van der Waals surface area contributed by atoms with Gasteiger partial charge in [-0.2, -0.15) is 0 Å². The van der Waals surface area contributed by atoms with Crippen LogP contribution in [-0.2, 0) is 14.3 Å². The van der Waals surface area contributed by atoms with E-state index in [1.807, 2.05) is 0 Å². The van der Waals surface area contributed by atoms with Gasteiger partial charge in [-0.3, -0.25) is 9.59 Å². The number of esters is 1. The molecule has 2 fully saturated rings. The molecule has 0 unspecified atom stereocenters. The van der Waals surface area contributed by atoms with Crippen LogP contribution in [0.5, 0.6) is 0 Å². The molecule has 0 spiro atoms. The first-order chi connectivity index (χ1) is 7.22. The van der Waals surface area contributed by atoms with Gasteiger partial charge in [0.05, 0.1) is 6.61 Å². The Hall–Kier alpha value is -1.06. The van der Waals surface area contributed by atoms with E-state index in [9.17, 15) is 9.59 Å². The Labute approximate surface area is 89.6 Å². The Kier molecular flexibility index (Phi) is 2.93. The van der Waals surface area contributed by atoms with Gasteiger partial charge in [0.15, 0.2) is 0 Å². The van der Waals surface area contributed by atoms with E-state index in [1.54, 1.807) is 11.8 Å². The minimum Gasteiger partial charge on any atom is -0.465 e. The van der Waals surface area contributed by atoms with E-state index in [-0.39, 0.29) is 24.3 Å². The second-order valence-electron chi connectivity index (χ2n) is 4.28. The summed E-state index contributed by atoms with van der Waals surface area (Å²) in [6.07, 6.45) is 4.06. The maximum atomic E-state index is 11.8. The normalized spacial score (nSPS) is 19.8. The highest BCUT2D eigenvalue weighted by Gasteiger charge is 2.40. The molecule has 4 nitrogen and oxygen atoms in total. The van der Waals surface area contributed by atoms with Crippen molar-refractivity contribution >= 4 is 11.9 Å². The Morgan fingerprint density at radius 3 is 2.40 bits per heavy atom. The topological polar surface area (TPSA) is 46.6 Å². The highest BCUT2D eigenvalue weighted by molar-refractivity contribution is 5.85. The molecule has 4 heteroatoms. The Morgan fingerprint density at radius 2 is 1.93 bits per heavy atom. The predicted octanol–water partition coefficient (Wildman–Crippen LogP) is 0.950. The standard InChI is InChI=1S/C11H17NO3/c1-2-15-10(13)7-12(9-5-6-9)11(14)8-3-4-8/h8-9H,2-7H2,1H3. The van der Waals surface area contributed by atoms with E-state index in [1.165, 1.54) is 0 Å². The van der Waals surface area contributed by atoms with Gasteiger partial charge in [-0.15, -0.1) is 0 Å². The van der Waals surface area contributed by atoms with Crippen LogP contribution in [0.25, 0.3) is 0 Å². The van der Waals surface area contributed by atoms with E-state index < -0.39 is 0 Å². The van der Waals surface area contributed by atoms with Crippen LogP contribution in [-0.4, -0.2) is 36.0 Å². The van der Waals surface area contributed by atoms with Crippen molar-refractivity contribution in [3.05, 3.63) is 0 Å². The second kappa shape index (κ2) is 4.21. The van der Waals surface area contributed by atoms with E-state index in [4.69, 9.17) is 4.74 Å². The molecule has 0 heterocycles. The first-order valence-corrected chi connectivity index (χ1v) is 5.68. The summed E-state index contributed by atoms with van der Waals surface area (Å²) >= 11 is 0. The molecule has 2 aliphatic carbocycles. The third-order valence-electron chi connectivity index (χ3n) is 2.80. The zero-order valence-corrected chi connectivity index (χ0v) is 9.07. The van der Waals surface area contributed by atoms with Gasteiger partial charge in [-0.1, -0.05) is 0 Å². The van der Waals surface area contributed by atoms with Crippen LogP contribution in [0.15, 0.2) is 0 Å².